The third-order valence-corrected chi connectivity index (χ3v) is 5.66. The van der Waals surface area contributed by atoms with Crippen molar-refractivity contribution in [3.05, 3.63) is 35.4 Å². The first kappa shape index (κ1) is 19.7. The second-order valence-electron chi connectivity index (χ2n) is 7.56. The Kier molecular flexibility index (Phi) is 7.03. The summed E-state index contributed by atoms with van der Waals surface area (Å²) < 4.78 is 5.50. The van der Waals surface area contributed by atoms with E-state index in [2.05, 4.69) is 66.1 Å². The van der Waals surface area contributed by atoms with Crippen LogP contribution in [0.5, 0.6) is 0 Å². The fourth-order valence-electron chi connectivity index (χ4n) is 3.75. The molecule has 2 heterocycles. The molecule has 5 atom stereocenters. The number of hydrogen-bond donors (Lipinski definition) is 3. The smallest absolute Gasteiger partial charge is 0.120 e. The lowest BCUT2D eigenvalue weighted by Gasteiger charge is -2.43. The van der Waals surface area contributed by atoms with E-state index in [4.69, 9.17) is 9.57 Å². The summed E-state index contributed by atoms with van der Waals surface area (Å²) in [6, 6.07) is 9.70. The van der Waals surface area contributed by atoms with Crippen LogP contribution < -0.4 is 16.1 Å². The third-order valence-electron chi connectivity index (χ3n) is 5.66. The molecule has 1 aromatic rings. The van der Waals surface area contributed by atoms with Gasteiger partial charge in [-0.1, -0.05) is 31.2 Å². The van der Waals surface area contributed by atoms with Crippen LogP contribution in [0.25, 0.3) is 0 Å². The minimum Gasteiger partial charge on any atom is -0.365 e. The van der Waals surface area contributed by atoms with Crippen LogP contribution in [-0.4, -0.2) is 49.6 Å². The van der Waals surface area contributed by atoms with Gasteiger partial charge in [0.1, 0.15) is 6.23 Å². The minimum atomic E-state index is 0.116. The zero-order valence-electron chi connectivity index (χ0n) is 16.5. The molecule has 1 aromatic carbocycles. The average molecular weight is 363 g/mol. The molecule has 0 amide bonds. The summed E-state index contributed by atoms with van der Waals surface area (Å²) in [5.74, 6) is 0. The Morgan fingerprint density at radius 2 is 2.12 bits per heavy atom. The van der Waals surface area contributed by atoms with Gasteiger partial charge in [-0.05, 0) is 37.8 Å². The fourth-order valence-corrected chi connectivity index (χ4v) is 3.75. The van der Waals surface area contributed by atoms with E-state index >= 15 is 0 Å². The average Bonchev–Trinajstić information content (AvgIpc) is 3.12. The molecule has 0 aliphatic carbocycles. The molecule has 5 unspecified atom stereocenters. The minimum absolute atomic E-state index is 0.116. The molecule has 6 heteroatoms. The Hall–Kier alpha value is -1.02. The van der Waals surface area contributed by atoms with Crippen molar-refractivity contribution in [3.63, 3.8) is 0 Å². The second kappa shape index (κ2) is 9.26. The van der Waals surface area contributed by atoms with Gasteiger partial charge in [0.05, 0.1) is 18.3 Å². The van der Waals surface area contributed by atoms with E-state index in [9.17, 15) is 0 Å². The van der Waals surface area contributed by atoms with Crippen LogP contribution in [0, 0.1) is 0 Å². The fraction of sp³-hybridized carbons (Fsp3) is 0.700. The van der Waals surface area contributed by atoms with Crippen LogP contribution in [0.2, 0.25) is 0 Å². The maximum Gasteiger partial charge on any atom is 0.120 e. The summed E-state index contributed by atoms with van der Waals surface area (Å²) in [7, 11) is 1.77. The summed E-state index contributed by atoms with van der Waals surface area (Å²) in [4.78, 5) is 7.97. The second-order valence-corrected chi connectivity index (χ2v) is 7.56. The molecule has 0 bridgehead atoms. The zero-order valence-corrected chi connectivity index (χ0v) is 16.5. The molecule has 0 aromatic heterocycles. The largest absolute Gasteiger partial charge is 0.365 e. The highest BCUT2D eigenvalue weighted by Gasteiger charge is 2.30. The van der Waals surface area contributed by atoms with Gasteiger partial charge in [0.15, 0.2) is 0 Å². The normalized spacial score (nSPS) is 31.2. The van der Waals surface area contributed by atoms with Crippen molar-refractivity contribution in [3.8, 4) is 0 Å². The lowest BCUT2D eigenvalue weighted by molar-refractivity contribution is -0.0316. The summed E-state index contributed by atoms with van der Waals surface area (Å²) in [5.41, 5.74) is 5.72. The van der Waals surface area contributed by atoms with Gasteiger partial charge < -0.3 is 4.74 Å². The maximum atomic E-state index is 5.50. The summed E-state index contributed by atoms with van der Waals surface area (Å²) in [6.45, 7) is 9.30. The van der Waals surface area contributed by atoms with Crippen molar-refractivity contribution >= 4 is 0 Å². The van der Waals surface area contributed by atoms with E-state index in [1.54, 1.807) is 7.11 Å². The number of nitrogens with one attached hydrogen (secondary N) is 3. The van der Waals surface area contributed by atoms with Crippen molar-refractivity contribution in [2.75, 3.05) is 20.2 Å². The Bertz CT molecular complexity index is 553. The number of piperazine rings is 1. The van der Waals surface area contributed by atoms with E-state index in [-0.39, 0.29) is 12.3 Å². The van der Waals surface area contributed by atoms with Gasteiger partial charge in [-0.15, -0.1) is 0 Å². The monoisotopic (exact) mass is 362 g/mol. The highest BCUT2D eigenvalue weighted by atomic mass is 16.7. The summed E-state index contributed by atoms with van der Waals surface area (Å²) in [6.07, 6.45) is 2.88. The third kappa shape index (κ3) is 4.82. The topological polar surface area (TPSA) is 57.8 Å². The van der Waals surface area contributed by atoms with Crippen molar-refractivity contribution < 1.29 is 9.57 Å². The molecule has 0 saturated carbocycles. The Balaban J connectivity index is 1.55. The van der Waals surface area contributed by atoms with Crippen molar-refractivity contribution in [1.29, 1.82) is 0 Å². The van der Waals surface area contributed by atoms with Gasteiger partial charge in [-0.25, -0.2) is 0 Å². The summed E-state index contributed by atoms with van der Waals surface area (Å²) in [5, 5.41) is 7.18. The number of ether oxygens (including phenoxy) is 1. The quantitative estimate of drug-likeness (QED) is 0.691. The molecule has 2 saturated heterocycles. The Morgan fingerprint density at radius 3 is 2.73 bits per heavy atom. The Morgan fingerprint density at radius 1 is 1.35 bits per heavy atom. The van der Waals surface area contributed by atoms with Gasteiger partial charge in [0.2, 0.25) is 0 Å². The first-order valence-electron chi connectivity index (χ1n) is 9.86. The van der Waals surface area contributed by atoms with Gasteiger partial charge in [0.25, 0.3) is 0 Å². The van der Waals surface area contributed by atoms with E-state index < -0.39 is 0 Å². The van der Waals surface area contributed by atoms with Crippen molar-refractivity contribution in [2.45, 2.75) is 70.7 Å². The van der Waals surface area contributed by atoms with Crippen molar-refractivity contribution in [1.82, 2.24) is 21.0 Å². The van der Waals surface area contributed by atoms with Gasteiger partial charge >= 0.3 is 0 Å². The standard InChI is InChI=1S/C20H34N4O2/c1-5-14(2)24-13-20(25-4)22-12-19(24)21-11-16-6-8-17(9-7-16)18-10-15(3)26-23-18/h6-9,14-15,18-23H,5,10-13H2,1-4H3. The first-order valence-corrected chi connectivity index (χ1v) is 9.86. The lowest BCUT2D eigenvalue weighted by Crippen LogP contribution is -2.63. The van der Waals surface area contributed by atoms with Crippen LogP contribution in [0.4, 0.5) is 0 Å². The number of nitrogens with zero attached hydrogens (tertiary/aromatic N) is 1. The van der Waals surface area contributed by atoms with E-state index in [0.29, 0.717) is 18.2 Å². The van der Waals surface area contributed by atoms with Gasteiger partial charge in [-0.2, -0.15) is 5.48 Å². The van der Waals surface area contributed by atoms with Gasteiger partial charge in [-0.3, -0.25) is 20.4 Å². The van der Waals surface area contributed by atoms with Gasteiger partial charge in [0, 0.05) is 32.8 Å². The predicted octanol–water partition coefficient (Wildman–Crippen LogP) is 2.13. The number of methoxy groups -OCH3 is 1. The van der Waals surface area contributed by atoms with E-state index in [1.807, 2.05) is 0 Å². The molecule has 0 spiro atoms. The number of rotatable bonds is 7. The Labute approximate surface area is 157 Å². The van der Waals surface area contributed by atoms with Crippen LogP contribution in [-0.2, 0) is 16.1 Å². The lowest BCUT2D eigenvalue weighted by atomic mass is 10.0. The molecule has 3 N–H and O–H groups in total. The number of hydroxylamine groups is 1. The molecule has 3 rings (SSSR count). The first-order chi connectivity index (χ1) is 12.6. The molecule has 2 fully saturated rings. The van der Waals surface area contributed by atoms with Crippen LogP contribution in [0.3, 0.4) is 0 Å². The highest BCUT2D eigenvalue weighted by molar-refractivity contribution is 5.25. The zero-order chi connectivity index (χ0) is 18.5. The maximum absolute atomic E-state index is 5.50. The molecule has 6 nitrogen and oxygen atoms in total. The van der Waals surface area contributed by atoms with Crippen LogP contribution in [0.1, 0.15) is 50.8 Å². The molecule has 2 aliphatic rings. The van der Waals surface area contributed by atoms with Crippen molar-refractivity contribution in [2.24, 2.45) is 0 Å². The van der Waals surface area contributed by atoms with Crippen LogP contribution >= 0.6 is 0 Å². The number of benzene rings is 1. The summed E-state index contributed by atoms with van der Waals surface area (Å²) >= 11 is 0. The molecule has 2 aliphatic heterocycles. The molecule has 146 valence electrons. The SMILES string of the molecule is CCC(C)N1CC(OC)NCC1NCc1ccc(C2CC(C)ON2)cc1. The molecular weight excluding hydrogens is 328 g/mol. The number of hydrogen-bond acceptors (Lipinski definition) is 6. The van der Waals surface area contributed by atoms with E-state index in [1.165, 1.54) is 11.1 Å². The van der Waals surface area contributed by atoms with E-state index in [0.717, 1.165) is 32.5 Å². The molecular formula is C20H34N4O2. The molecule has 26 heavy (non-hydrogen) atoms. The highest BCUT2D eigenvalue weighted by Crippen LogP contribution is 2.25. The molecule has 0 radical (unpaired) electrons. The van der Waals surface area contributed by atoms with Crippen LogP contribution in [0.15, 0.2) is 24.3 Å². The predicted molar refractivity (Wildman–Crippen MR) is 103 cm³/mol.